The first-order chi connectivity index (χ1) is 10.6. The second kappa shape index (κ2) is 8.60. The largest absolute Gasteiger partial charge is 0.392 e. The lowest BCUT2D eigenvalue weighted by atomic mass is 9.82. The first-order valence-corrected chi connectivity index (χ1v) is 8.49. The van der Waals surface area contributed by atoms with E-state index in [-0.39, 0.29) is 30.1 Å². The SMILES string of the molecule is CC(C)[C@H](OCc1ccccc1)[C@@H](C)[C@H](O)CC(=O)C(C)(C)C. The molecule has 0 aliphatic heterocycles. The Morgan fingerprint density at radius 3 is 2.17 bits per heavy atom. The fourth-order valence-electron chi connectivity index (χ4n) is 2.62. The average Bonchev–Trinajstić information content (AvgIpc) is 2.46. The van der Waals surface area contributed by atoms with Crippen molar-refractivity contribution in [3.8, 4) is 0 Å². The predicted molar refractivity (Wildman–Crippen MR) is 94.1 cm³/mol. The normalized spacial score (nSPS) is 16.2. The van der Waals surface area contributed by atoms with E-state index < -0.39 is 11.5 Å². The Kier molecular flexibility index (Phi) is 7.43. The maximum Gasteiger partial charge on any atom is 0.140 e. The van der Waals surface area contributed by atoms with Gasteiger partial charge in [-0.2, -0.15) is 0 Å². The third-order valence-corrected chi connectivity index (χ3v) is 4.30. The van der Waals surface area contributed by atoms with Crippen molar-refractivity contribution < 1.29 is 14.6 Å². The predicted octanol–water partition coefficient (Wildman–Crippen LogP) is 4.23. The molecule has 1 rings (SSSR count). The number of ketones is 1. The van der Waals surface area contributed by atoms with Crippen molar-refractivity contribution in [2.24, 2.45) is 17.3 Å². The summed E-state index contributed by atoms with van der Waals surface area (Å²) in [7, 11) is 0. The van der Waals surface area contributed by atoms with Gasteiger partial charge in [0.1, 0.15) is 5.78 Å². The quantitative estimate of drug-likeness (QED) is 0.779. The van der Waals surface area contributed by atoms with Gasteiger partial charge < -0.3 is 9.84 Å². The maximum atomic E-state index is 12.2. The number of benzene rings is 1. The van der Waals surface area contributed by atoms with Gasteiger partial charge in [0, 0.05) is 17.8 Å². The van der Waals surface area contributed by atoms with E-state index in [0.29, 0.717) is 6.61 Å². The Morgan fingerprint density at radius 1 is 1.13 bits per heavy atom. The van der Waals surface area contributed by atoms with Crippen LogP contribution in [0, 0.1) is 17.3 Å². The van der Waals surface area contributed by atoms with Gasteiger partial charge in [0.25, 0.3) is 0 Å². The molecule has 0 unspecified atom stereocenters. The summed E-state index contributed by atoms with van der Waals surface area (Å²) >= 11 is 0. The second-order valence-corrected chi connectivity index (χ2v) is 7.81. The highest BCUT2D eigenvalue weighted by Gasteiger charge is 2.31. The lowest BCUT2D eigenvalue weighted by Crippen LogP contribution is -2.38. The fourth-order valence-corrected chi connectivity index (χ4v) is 2.62. The number of rotatable bonds is 8. The van der Waals surface area contributed by atoms with E-state index in [1.807, 2.05) is 58.0 Å². The molecule has 0 aliphatic rings. The minimum atomic E-state index is -0.676. The van der Waals surface area contributed by atoms with Crippen LogP contribution in [0.2, 0.25) is 0 Å². The number of Topliss-reactive ketones (excluding diaryl/α,β-unsaturated/α-hetero) is 1. The standard InChI is InChI=1S/C20H32O3/c1-14(2)19(23-13-16-10-8-7-9-11-16)15(3)17(21)12-18(22)20(4,5)6/h7-11,14-15,17,19,21H,12-13H2,1-6H3/t15-,17+,19-/m0/s1. The average molecular weight is 320 g/mol. The van der Waals surface area contributed by atoms with Gasteiger partial charge in [-0.05, 0) is 11.5 Å². The van der Waals surface area contributed by atoms with Crippen molar-refractivity contribution in [1.29, 1.82) is 0 Å². The summed E-state index contributed by atoms with van der Waals surface area (Å²) in [5.74, 6) is 0.264. The molecule has 1 aromatic rings. The van der Waals surface area contributed by atoms with Gasteiger partial charge in [-0.25, -0.2) is 0 Å². The van der Waals surface area contributed by atoms with E-state index in [2.05, 4.69) is 13.8 Å². The number of carbonyl (C=O) groups is 1. The Morgan fingerprint density at radius 2 is 1.70 bits per heavy atom. The van der Waals surface area contributed by atoms with E-state index >= 15 is 0 Å². The highest BCUT2D eigenvalue weighted by molar-refractivity contribution is 5.84. The van der Waals surface area contributed by atoms with E-state index in [1.165, 1.54) is 0 Å². The molecule has 3 nitrogen and oxygen atoms in total. The van der Waals surface area contributed by atoms with Crippen molar-refractivity contribution >= 4 is 5.78 Å². The topological polar surface area (TPSA) is 46.5 Å². The number of hydrogen-bond donors (Lipinski definition) is 1. The van der Waals surface area contributed by atoms with Gasteiger partial charge >= 0.3 is 0 Å². The molecule has 0 fully saturated rings. The fraction of sp³-hybridized carbons (Fsp3) is 0.650. The molecule has 0 aliphatic carbocycles. The number of carbonyl (C=O) groups excluding carboxylic acids is 1. The molecule has 1 N–H and O–H groups in total. The molecule has 130 valence electrons. The Bertz CT molecular complexity index is 473. The van der Waals surface area contributed by atoms with Crippen LogP contribution < -0.4 is 0 Å². The lowest BCUT2D eigenvalue weighted by molar-refractivity contribution is -0.130. The first-order valence-electron chi connectivity index (χ1n) is 8.49. The zero-order valence-corrected chi connectivity index (χ0v) is 15.4. The van der Waals surface area contributed by atoms with Crippen LogP contribution in [0.5, 0.6) is 0 Å². The van der Waals surface area contributed by atoms with E-state index in [4.69, 9.17) is 4.74 Å². The summed E-state index contributed by atoms with van der Waals surface area (Å²) in [5, 5.41) is 10.5. The molecule has 0 aromatic heterocycles. The highest BCUT2D eigenvalue weighted by Crippen LogP contribution is 2.26. The molecule has 23 heavy (non-hydrogen) atoms. The zero-order valence-electron chi connectivity index (χ0n) is 15.4. The minimum Gasteiger partial charge on any atom is -0.392 e. The van der Waals surface area contributed by atoms with E-state index in [9.17, 15) is 9.90 Å². The first kappa shape index (κ1) is 19.9. The van der Waals surface area contributed by atoms with Crippen LogP contribution in [-0.2, 0) is 16.1 Å². The molecule has 0 heterocycles. The molecular weight excluding hydrogens is 288 g/mol. The molecule has 0 bridgehead atoms. The van der Waals surface area contributed by atoms with Gasteiger partial charge in [0.2, 0.25) is 0 Å². The van der Waals surface area contributed by atoms with Crippen molar-refractivity contribution in [3.63, 3.8) is 0 Å². The monoisotopic (exact) mass is 320 g/mol. The van der Waals surface area contributed by atoms with Crippen molar-refractivity contribution in [3.05, 3.63) is 35.9 Å². The van der Waals surface area contributed by atoms with Crippen LogP contribution in [-0.4, -0.2) is 23.1 Å². The zero-order chi connectivity index (χ0) is 17.6. The van der Waals surface area contributed by atoms with Gasteiger partial charge in [-0.3, -0.25) is 4.79 Å². The Balaban J connectivity index is 2.66. The smallest absolute Gasteiger partial charge is 0.140 e. The molecular formula is C20H32O3. The summed E-state index contributed by atoms with van der Waals surface area (Å²) in [6.07, 6.45) is -0.578. The highest BCUT2D eigenvalue weighted by atomic mass is 16.5. The van der Waals surface area contributed by atoms with Gasteiger partial charge in [-0.15, -0.1) is 0 Å². The van der Waals surface area contributed by atoms with Gasteiger partial charge in [0.15, 0.2) is 0 Å². The summed E-state index contributed by atoms with van der Waals surface area (Å²) in [6, 6.07) is 10.0. The number of aliphatic hydroxyl groups is 1. The molecule has 3 atom stereocenters. The lowest BCUT2D eigenvalue weighted by Gasteiger charge is -2.32. The molecule has 0 radical (unpaired) electrons. The third-order valence-electron chi connectivity index (χ3n) is 4.30. The Labute approximate surface area is 141 Å². The van der Waals surface area contributed by atoms with Crippen molar-refractivity contribution in [1.82, 2.24) is 0 Å². The third kappa shape index (κ3) is 6.44. The van der Waals surface area contributed by atoms with E-state index in [1.54, 1.807) is 0 Å². The molecule has 1 aromatic carbocycles. The van der Waals surface area contributed by atoms with Gasteiger partial charge in [-0.1, -0.05) is 71.9 Å². The minimum absolute atomic E-state index is 0.0852. The van der Waals surface area contributed by atoms with Crippen LogP contribution in [0.4, 0.5) is 0 Å². The summed E-state index contributed by atoms with van der Waals surface area (Å²) in [5.41, 5.74) is 0.699. The van der Waals surface area contributed by atoms with Crippen molar-refractivity contribution in [2.45, 2.75) is 66.8 Å². The number of aliphatic hydroxyl groups excluding tert-OH is 1. The van der Waals surface area contributed by atoms with Crippen LogP contribution in [0.15, 0.2) is 30.3 Å². The molecule has 3 heteroatoms. The maximum absolute atomic E-state index is 12.2. The second-order valence-electron chi connectivity index (χ2n) is 7.81. The molecule has 0 saturated carbocycles. The summed E-state index contributed by atoms with van der Waals surface area (Å²) < 4.78 is 6.07. The van der Waals surface area contributed by atoms with E-state index in [0.717, 1.165) is 5.56 Å². The van der Waals surface area contributed by atoms with Crippen LogP contribution in [0.3, 0.4) is 0 Å². The molecule has 0 amide bonds. The Hall–Kier alpha value is -1.19. The van der Waals surface area contributed by atoms with Gasteiger partial charge in [0.05, 0.1) is 18.8 Å². The summed E-state index contributed by atoms with van der Waals surface area (Å²) in [4.78, 5) is 12.2. The van der Waals surface area contributed by atoms with Crippen LogP contribution in [0.25, 0.3) is 0 Å². The molecule has 0 saturated heterocycles. The molecule has 0 spiro atoms. The number of hydrogen-bond acceptors (Lipinski definition) is 3. The van der Waals surface area contributed by atoms with Crippen molar-refractivity contribution in [2.75, 3.05) is 0 Å². The van der Waals surface area contributed by atoms with Crippen LogP contribution in [0.1, 0.15) is 53.5 Å². The summed E-state index contributed by atoms with van der Waals surface area (Å²) in [6.45, 7) is 12.3. The number of ether oxygens (including phenoxy) is 1. The van der Waals surface area contributed by atoms with Crippen LogP contribution >= 0.6 is 0 Å².